The Hall–Kier alpha value is -3.13. The molecule has 0 bridgehead atoms. The summed E-state index contributed by atoms with van der Waals surface area (Å²) in [6.07, 6.45) is 3.86. The molecule has 0 aliphatic heterocycles. The zero-order chi connectivity index (χ0) is 19.1. The molecule has 3 rings (SSSR count). The van der Waals surface area contributed by atoms with Gasteiger partial charge in [-0.3, -0.25) is 0 Å². The summed E-state index contributed by atoms with van der Waals surface area (Å²) in [6, 6.07) is 7.32. The van der Waals surface area contributed by atoms with Gasteiger partial charge in [-0.25, -0.2) is 4.79 Å². The summed E-state index contributed by atoms with van der Waals surface area (Å²) >= 11 is 1.54. The highest BCUT2D eigenvalue weighted by Gasteiger charge is 2.13. The molecule has 0 saturated carbocycles. The summed E-state index contributed by atoms with van der Waals surface area (Å²) in [5, 5.41) is 7.68. The molecule has 0 aliphatic carbocycles. The summed E-state index contributed by atoms with van der Waals surface area (Å²) in [4.78, 5) is 16.1. The van der Waals surface area contributed by atoms with E-state index in [1.165, 1.54) is 11.3 Å². The van der Waals surface area contributed by atoms with Gasteiger partial charge in [-0.2, -0.15) is 16.3 Å². The van der Waals surface area contributed by atoms with Gasteiger partial charge in [0.05, 0.1) is 7.11 Å². The largest absolute Gasteiger partial charge is 0.493 e. The van der Waals surface area contributed by atoms with Crippen LogP contribution < -0.4 is 9.47 Å². The predicted octanol–water partition coefficient (Wildman–Crippen LogP) is 3.96. The van der Waals surface area contributed by atoms with Crippen molar-refractivity contribution >= 4 is 23.4 Å². The number of hydrogen-bond donors (Lipinski definition) is 0. The molecular formula is C19H18N2O5S. The molecule has 0 radical (unpaired) electrons. The zero-order valence-electron chi connectivity index (χ0n) is 14.9. The van der Waals surface area contributed by atoms with Gasteiger partial charge >= 0.3 is 5.97 Å². The number of carbonyl (C=O) groups excluding carboxylic acids is 1. The van der Waals surface area contributed by atoms with Crippen LogP contribution >= 0.6 is 11.3 Å². The Morgan fingerprint density at radius 2 is 2.19 bits per heavy atom. The number of nitrogens with zero attached hydrogens (tertiary/aromatic N) is 2. The third kappa shape index (κ3) is 4.95. The monoisotopic (exact) mass is 386 g/mol. The van der Waals surface area contributed by atoms with E-state index in [0.717, 1.165) is 11.1 Å². The van der Waals surface area contributed by atoms with Crippen LogP contribution in [0.1, 0.15) is 18.4 Å². The van der Waals surface area contributed by atoms with E-state index in [-0.39, 0.29) is 19.1 Å². The second kappa shape index (κ2) is 9.00. The van der Waals surface area contributed by atoms with Gasteiger partial charge in [0.1, 0.15) is 0 Å². The van der Waals surface area contributed by atoms with E-state index in [1.54, 1.807) is 13.2 Å². The number of rotatable bonds is 8. The van der Waals surface area contributed by atoms with Gasteiger partial charge in [0, 0.05) is 10.9 Å². The van der Waals surface area contributed by atoms with Gasteiger partial charge in [-0.1, -0.05) is 23.4 Å². The first-order chi connectivity index (χ1) is 13.2. The minimum Gasteiger partial charge on any atom is -0.493 e. The molecule has 0 aliphatic rings. The summed E-state index contributed by atoms with van der Waals surface area (Å²) in [7, 11) is 1.54. The maximum atomic E-state index is 11.9. The molecular weight excluding hydrogens is 368 g/mol. The van der Waals surface area contributed by atoms with Crippen molar-refractivity contribution in [3.63, 3.8) is 0 Å². The van der Waals surface area contributed by atoms with E-state index in [4.69, 9.17) is 18.7 Å². The molecule has 0 N–H and O–H groups in total. The van der Waals surface area contributed by atoms with Crippen LogP contribution in [0, 0.1) is 0 Å². The lowest BCUT2D eigenvalue weighted by atomic mass is 10.2. The van der Waals surface area contributed by atoms with E-state index in [2.05, 4.69) is 10.1 Å². The fourth-order valence-corrected chi connectivity index (χ4v) is 2.88. The van der Waals surface area contributed by atoms with Crippen molar-refractivity contribution in [2.24, 2.45) is 0 Å². The Labute approximate surface area is 160 Å². The van der Waals surface area contributed by atoms with Crippen molar-refractivity contribution in [2.45, 2.75) is 13.5 Å². The maximum Gasteiger partial charge on any atom is 0.344 e. The lowest BCUT2D eigenvalue weighted by molar-refractivity contribution is -0.148. The molecule has 8 heteroatoms. The fraction of sp³-hybridized carbons (Fsp3) is 0.211. The van der Waals surface area contributed by atoms with Crippen LogP contribution in [0.2, 0.25) is 0 Å². The predicted molar refractivity (Wildman–Crippen MR) is 101 cm³/mol. The summed E-state index contributed by atoms with van der Waals surface area (Å²) < 4.78 is 21.0. The average Bonchev–Trinajstić information content (AvgIpc) is 3.37. The molecule has 0 atom stereocenters. The maximum absolute atomic E-state index is 11.9. The number of hydrogen-bond acceptors (Lipinski definition) is 8. The Bertz CT molecular complexity index is 918. The SMILES string of the molecule is C/C=C/c1ccc(OCC(=O)OCc2nc(-c3ccsc3)no2)c(OC)c1. The van der Waals surface area contributed by atoms with Crippen molar-refractivity contribution in [1.82, 2.24) is 10.1 Å². The lowest BCUT2D eigenvalue weighted by Crippen LogP contribution is -2.15. The quantitative estimate of drug-likeness (QED) is 0.542. The summed E-state index contributed by atoms with van der Waals surface area (Å²) in [6.45, 7) is 1.56. The number of aromatic nitrogens is 2. The van der Waals surface area contributed by atoms with E-state index < -0.39 is 5.97 Å². The zero-order valence-corrected chi connectivity index (χ0v) is 15.7. The Morgan fingerprint density at radius 3 is 2.93 bits per heavy atom. The highest BCUT2D eigenvalue weighted by atomic mass is 32.1. The highest BCUT2D eigenvalue weighted by Crippen LogP contribution is 2.28. The topological polar surface area (TPSA) is 83.7 Å². The van der Waals surface area contributed by atoms with Crippen LogP contribution in [-0.2, 0) is 16.1 Å². The van der Waals surface area contributed by atoms with Gasteiger partial charge in [0.15, 0.2) is 24.7 Å². The molecule has 3 aromatic rings. The molecule has 27 heavy (non-hydrogen) atoms. The fourth-order valence-electron chi connectivity index (χ4n) is 2.24. The number of esters is 1. The second-order valence-electron chi connectivity index (χ2n) is 5.38. The molecule has 7 nitrogen and oxygen atoms in total. The minimum absolute atomic E-state index is 0.114. The van der Waals surface area contributed by atoms with E-state index >= 15 is 0 Å². The van der Waals surface area contributed by atoms with Gasteiger partial charge in [-0.05, 0) is 36.1 Å². The van der Waals surface area contributed by atoms with Crippen molar-refractivity contribution < 1.29 is 23.5 Å². The Kier molecular flexibility index (Phi) is 6.22. The smallest absolute Gasteiger partial charge is 0.344 e. The van der Waals surface area contributed by atoms with Crippen LogP contribution in [-0.4, -0.2) is 29.8 Å². The number of ether oxygens (including phenoxy) is 3. The number of benzene rings is 1. The van der Waals surface area contributed by atoms with Crippen molar-refractivity contribution in [2.75, 3.05) is 13.7 Å². The van der Waals surface area contributed by atoms with Crippen LogP contribution in [0.3, 0.4) is 0 Å². The molecule has 0 spiro atoms. The molecule has 140 valence electrons. The van der Waals surface area contributed by atoms with Crippen molar-refractivity contribution in [3.05, 3.63) is 52.6 Å². The second-order valence-corrected chi connectivity index (χ2v) is 6.16. The standard InChI is InChI=1S/C19H18N2O5S/c1-3-4-13-5-6-15(16(9-13)23-2)24-11-18(22)25-10-17-20-19(21-26-17)14-7-8-27-12-14/h3-9,12H,10-11H2,1-2H3/b4-3+. The molecule has 2 heterocycles. The lowest BCUT2D eigenvalue weighted by Gasteiger charge is -2.10. The molecule has 2 aromatic heterocycles. The summed E-state index contributed by atoms with van der Waals surface area (Å²) in [5.74, 6) is 1.13. The molecule has 0 amide bonds. The van der Waals surface area contributed by atoms with Crippen LogP contribution in [0.5, 0.6) is 11.5 Å². The number of thiophene rings is 1. The van der Waals surface area contributed by atoms with Gasteiger partial charge in [0.2, 0.25) is 5.82 Å². The number of allylic oxidation sites excluding steroid dienone is 1. The van der Waals surface area contributed by atoms with Crippen LogP contribution in [0.25, 0.3) is 17.5 Å². The van der Waals surface area contributed by atoms with Gasteiger partial charge < -0.3 is 18.7 Å². The first-order valence-electron chi connectivity index (χ1n) is 8.14. The normalized spacial score (nSPS) is 10.9. The Morgan fingerprint density at radius 1 is 1.30 bits per heavy atom. The third-order valence-corrected chi connectivity index (χ3v) is 4.18. The molecule has 0 fully saturated rings. The van der Waals surface area contributed by atoms with E-state index in [9.17, 15) is 4.79 Å². The van der Waals surface area contributed by atoms with E-state index in [1.807, 2.05) is 48.0 Å². The van der Waals surface area contributed by atoms with Gasteiger partial charge in [0.25, 0.3) is 5.89 Å². The molecule has 0 saturated heterocycles. The minimum atomic E-state index is -0.551. The first-order valence-corrected chi connectivity index (χ1v) is 9.08. The Balaban J connectivity index is 1.51. The number of carbonyl (C=O) groups is 1. The first kappa shape index (κ1) is 18.7. The highest BCUT2D eigenvalue weighted by molar-refractivity contribution is 7.08. The van der Waals surface area contributed by atoms with Crippen molar-refractivity contribution in [1.29, 1.82) is 0 Å². The van der Waals surface area contributed by atoms with Crippen LogP contribution in [0.4, 0.5) is 0 Å². The molecule has 1 aromatic carbocycles. The van der Waals surface area contributed by atoms with Crippen LogP contribution in [0.15, 0.2) is 45.6 Å². The van der Waals surface area contributed by atoms with E-state index in [0.29, 0.717) is 17.3 Å². The summed E-state index contributed by atoms with van der Waals surface area (Å²) in [5.41, 5.74) is 1.83. The van der Waals surface area contributed by atoms with Gasteiger partial charge in [-0.15, -0.1) is 0 Å². The molecule has 0 unspecified atom stereocenters. The third-order valence-electron chi connectivity index (χ3n) is 3.50. The van der Waals surface area contributed by atoms with Crippen molar-refractivity contribution in [3.8, 4) is 22.9 Å². The average molecular weight is 386 g/mol. The number of methoxy groups -OCH3 is 1.